The van der Waals surface area contributed by atoms with Gasteiger partial charge in [-0.3, -0.25) is 14.5 Å². The highest BCUT2D eigenvalue weighted by Gasteiger charge is 2.39. The van der Waals surface area contributed by atoms with Crippen molar-refractivity contribution in [1.29, 1.82) is 0 Å². The number of nitrogens with one attached hydrogen (secondary N) is 2. The summed E-state index contributed by atoms with van der Waals surface area (Å²) >= 11 is 6.95. The van der Waals surface area contributed by atoms with Gasteiger partial charge in [0.25, 0.3) is 0 Å². The van der Waals surface area contributed by atoms with Gasteiger partial charge in [0, 0.05) is 18.6 Å². The maximum atomic E-state index is 12.9. The zero-order valence-electron chi connectivity index (χ0n) is 14.1. The van der Waals surface area contributed by atoms with E-state index in [1.54, 1.807) is 11.3 Å². The van der Waals surface area contributed by atoms with Crippen molar-refractivity contribution in [2.75, 3.05) is 6.61 Å². The molecule has 2 aliphatic rings. The van der Waals surface area contributed by atoms with Crippen molar-refractivity contribution >= 4 is 29.5 Å². The normalized spacial score (nSPS) is 27.0. The molecule has 0 unspecified atom stereocenters. The molecule has 2 fully saturated rings. The number of fused-ring (bicyclic) bond motifs is 1. The Labute approximate surface area is 155 Å². The van der Waals surface area contributed by atoms with Crippen LogP contribution in [0.25, 0.3) is 10.7 Å². The Balaban J connectivity index is 1.53. The van der Waals surface area contributed by atoms with Gasteiger partial charge in [-0.25, -0.2) is 0 Å². The molecule has 1 aliphatic heterocycles. The van der Waals surface area contributed by atoms with Crippen molar-refractivity contribution < 1.29 is 9.53 Å². The Morgan fingerprint density at radius 3 is 3.20 bits per heavy atom. The standard InChI is InChI=1S/C17H22N4O2S2/c1-10(21-15(19-20-17(21)24)14-6-3-9-25-14)16(22)18-12-4-2-5-13-11(12)7-8-23-13/h3,6,9-13H,2,4-5,7-8H2,1H3,(H,18,22)(H,20,24)/t10-,11+,12-,13+/m1/s1. The van der Waals surface area contributed by atoms with Crippen molar-refractivity contribution in [2.24, 2.45) is 5.92 Å². The quantitative estimate of drug-likeness (QED) is 0.801. The number of rotatable bonds is 4. The van der Waals surface area contributed by atoms with Gasteiger partial charge in [-0.2, -0.15) is 5.10 Å². The van der Waals surface area contributed by atoms with Crippen LogP contribution in [0.4, 0.5) is 0 Å². The number of amides is 1. The van der Waals surface area contributed by atoms with E-state index in [-0.39, 0.29) is 11.9 Å². The summed E-state index contributed by atoms with van der Waals surface area (Å²) in [6.07, 6.45) is 4.59. The smallest absolute Gasteiger partial charge is 0.243 e. The summed E-state index contributed by atoms with van der Waals surface area (Å²) in [5.41, 5.74) is 0. The van der Waals surface area contributed by atoms with E-state index in [0.29, 0.717) is 22.6 Å². The number of aromatic amines is 1. The second-order valence-corrected chi connectivity index (χ2v) is 8.12. The number of aromatic nitrogens is 3. The molecule has 2 aromatic heterocycles. The Morgan fingerprint density at radius 1 is 1.52 bits per heavy atom. The lowest BCUT2D eigenvalue weighted by Crippen LogP contribution is -2.47. The number of carbonyl (C=O) groups excluding carboxylic acids is 1. The predicted molar refractivity (Wildman–Crippen MR) is 99.1 cm³/mol. The van der Waals surface area contributed by atoms with Gasteiger partial charge in [-0.1, -0.05) is 6.07 Å². The second kappa shape index (κ2) is 7.01. The number of hydrogen-bond donors (Lipinski definition) is 2. The highest BCUT2D eigenvalue weighted by molar-refractivity contribution is 7.71. The fourth-order valence-electron chi connectivity index (χ4n) is 4.02. The fraction of sp³-hybridized carbons (Fsp3) is 0.588. The predicted octanol–water partition coefficient (Wildman–Crippen LogP) is 3.30. The highest BCUT2D eigenvalue weighted by atomic mass is 32.1. The Kier molecular flexibility index (Phi) is 4.75. The van der Waals surface area contributed by atoms with Crippen LogP contribution in [0.5, 0.6) is 0 Å². The third-order valence-corrected chi connectivity index (χ3v) is 6.48. The molecule has 1 saturated carbocycles. The maximum Gasteiger partial charge on any atom is 0.243 e. The van der Waals surface area contributed by atoms with Gasteiger partial charge in [-0.15, -0.1) is 11.3 Å². The number of nitrogens with zero attached hydrogens (tertiary/aromatic N) is 2. The molecule has 0 spiro atoms. The van der Waals surface area contributed by atoms with Gasteiger partial charge < -0.3 is 10.1 Å². The van der Waals surface area contributed by atoms with Gasteiger partial charge in [-0.05, 0) is 56.3 Å². The number of carbonyl (C=O) groups is 1. The van der Waals surface area contributed by atoms with Gasteiger partial charge in [0.2, 0.25) is 5.91 Å². The first-order chi connectivity index (χ1) is 12.1. The van der Waals surface area contributed by atoms with Crippen LogP contribution >= 0.6 is 23.6 Å². The largest absolute Gasteiger partial charge is 0.378 e. The number of thiophene rings is 1. The molecule has 0 aromatic carbocycles. The van der Waals surface area contributed by atoms with Crippen molar-refractivity contribution in [3.63, 3.8) is 0 Å². The van der Waals surface area contributed by atoms with Crippen molar-refractivity contribution in [3.8, 4) is 10.7 Å². The minimum Gasteiger partial charge on any atom is -0.378 e. The first-order valence-electron chi connectivity index (χ1n) is 8.78. The molecule has 1 saturated heterocycles. The van der Waals surface area contributed by atoms with E-state index in [0.717, 1.165) is 37.2 Å². The molecule has 4 atom stereocenters. The molecule has 3 heterocycles. The lowest BCUT2D eigenvalue weighted by atomic mass is 9.81. The van der Waals surface area contributed by atoms with E-state index in [1.807, 2.05) is 29.0 Å². The van der Waals surface area contributed by atoms with Crippen LogP contribution in [0.15, 0.2) is 17.5 Å². The minimum atomic E-state index is -0.411. The molecule has 6 nitrogen and oxygen atoms in total. The Bertz CT molecular complexity index is 798. The number of hydrogen-bond acceptors (Lipinski definition) is 5. The third-order valence-electron chi connectivity index (χ3n) is 5.32. The zero-order valence-corrected chi connectivity index (χ0v) is 15.7. The molecule has 8 heteroatoms. The van der Waals surface area contributed by atoms with Crippen LogP contribution in [0.2, 0.25) is 0 Å². The second-order valence-electron chi connectivity index (χ2n) is 6.78. The molecular formula is C17H22N4O2S2. The highest BCUT2D eigenvalue weighted by Crippen LogP contribution is 2.34. The van der Waals surface area contributed by atoms with E-state index in [2.05, 4.69) is 15.5 Å². The Morgan fingerprint density at radius 2 is 2.40 bits per heavy atom. The van der Waals surface area contributed by atoms with E-state index in [1.165, 1.54) is 0 Å². The molecule has 134 valence electrons. The molecule has 25 heavy (non-hydrogen) atoms. The maximum absolute atomic E-state index is 12.9. The first-order valence-corrected chi connectivity index (χ1v) is 10.1. The third kappa shape index (κ3) is 3.18. The summed E-state index contributed by atoms with van der Waals surface area (Å²) in [6, 6.07) is 3.74. The summed E-state index contributed by atoms with van der Waals surface area (Å²) in [5.74, 6) is 1.15. The van der Waals surface area contributed by atoms with E-state index in [4.69, 9.17) is 17.0 Å². The first kappa shape index (κ1) is 16.9. The molecule has 1 aliphatic carbocycles. The number of H-pyrrole nitrogens is 1. The lowest BCUT2D eigenvalue weighted by Gasteiger charge is -2.34. The fourth-order valence-corrected chi connectivity index (χ4v) is 5.02. The lowest BCUT2D eigenvalue weighted by molar-refractivity contribution is -0.125. The van der Waals surface area contributed by atoms with Gasteiger partial charge >= 0.3 is 0 Å². The van der Waals surface area contributed by atoms with E-state index < -0.39 is 6.04 Å². The van der Waals surface area contributed by atoms with Crippen LogP contribution in [-0.4, -0.2) is 39.4 Å². The summed E-state index contributed by atoms with van der Waals surface area (Å²) in [7, 11) is 0. The van der Waals surface area contributed by atoms with Crippen LogP contribution < -0.4 is 5.32 Å². The molecule has 2 N–H and O–H groups in total. The summed E-state index contributed by atoms with van der Waals surface area (Å²) < 4.78 is 8.08. The van der Waals surface area contributed by atoms with Crippen molar-refractivity contribution in [3.05, 3.63) is 22.3 Å². The molecule has 4 rings (SSSR count). The van der Waals surface area contributed by atoms with Gasteiger partial charge in [0.15, 0.2) is 10.6 Å². The van der Waals surface area contributed by atoms with Crippen LogP contribution in [0.3, 0.4) is 0 Å². The van der Waals surface area contributed by atoms with Gasteiger partial charge in [0.1, 0.15) is 6.04 Å². The SMILES string of the molecule is C[C@H](C(=O)N[C@@H]1CCC[C@@H]2OCC[C@H]21)n1c(-c2cccs2)n[nH]c1=S. The average molecular weight is 379 g/mol. The van der Waals surface area contributed by atoms with E-state index in [9.17, 15) is 4.79 Å². The monoisotopic (exact) mass is 378 g/mol. The Hall–Kier alpha value is -1.51. The van der Waals surface area contributed by atoms with E-state index >= 15 is 0 Å². The van der Waals surface area contributed by atoms with Crippen LogP contribution in [0.1, 0.15) is 38.6 Å². The molecule has 1 amide bonds. The minimum absolute atomic E-state index is 0.00661. The number of ether oxygens (including phenoxy) is 1. The molecule has 0 radical (unpaired) electrons. The molecule has 0 bridgehead atoms. The van der Waals surface area contributed by atoms with Crippen molar-refractivity contribution in [2.45, 2.75) is 50.8 Å². The summed E-state index contributed by atoms with van der Waals surface area (Å²) in [6.45, 7) is 2.69. The van der Waals surface area contributed by atoms with Crippen LogP contribution in [0, 0.1) is 10.7 Å². The molecular weight excluding hydrogens is 356 g/mol. The summed E-state index contributed by atoms with van der Waals surface area (Å²) in [5, 5.41) is 12.4. The molecule has 2 aromatic rings. The average Bonchev–Trinajstić information content (AvgIpc) is 3.34. The van der Waals surface area contributed by atoms with Crippen LogP contribution in [-0.2, 0) is 9.53 Å². The topological polar surface area (TPSA) is 71.9 Å². The summed E-state index contributed by atoms with van der Waals surface area (Å²) in [4.78, 5) is 13.9. The van der Waals surface area contributed by atoms with Crippen molar-refractivity contribution in [1.82, 2.24) is 20.1 Å². The zero-order chi connectivity index (χ0) is 17.4. The van der Waals surface area contributed by atoms with Gasteiger partial charge in [0.05, 0.1) is 11.0 Å².